The quantitative estimate of drug-likeness (QED) is 0.928. The number of hydrogen-bond donors (Lipinski definition) is 1. The molecule has 0 aromatic heterocycles. The molecule has 0 radical (unpaired) electrons. The zero-order valence-electron chi connectivity index (χ0n) is 10.4. The molecule has 1 aromatic rings. The van der Waals surface area contributed by atoms with Crippen LogP contribution in [-0.4, -0.2) is 36.7 Å². The summed E-state index contributed by atoms with van der Waals surface area (Å²) in [6.07, 6.45) is 0.0612. The molecule has 2 unspecified atom stereocenters. The van der Waals surface area contributed by atoms with E-state index in [1.807, 2.05) is 13.0 Å². The molecule has 0 aliphatic carbocycles. The van der Waals surface area contributed by atoms with Crippen molar-refractivity contribution in [2.24, 2.45) is 5.73 Å². The van der Waals surface area contributed by atoms with Gasteiger partial charge in [0.25, 0.3) is 0 Å². The van der Waals surface area contributed by atoms with E-state index < -0.39 is 0 Å². The van der Waals surface area contributed by atoms with Gasteiger partial charge in [0, 0.05) is 25.7 Å². The van der Waals surface area contributed by atoms with Gasteiger partial charge in [-0.3, -0.25) is 4.90 Å². The number of nitrogens with zero attached hydrogens (tertiary/aromatic N) is 1. The van der Waals surface area contributed by atoms with Crippen molar-refractivity contribution in [3.63, 3.8) is 0 Å². The SMILES string of the molecule is CC(N)C1CN(Cc2cccc(F)c2Br)CCO1. The molecule has 1 saturated heterocycles. The molecule has 2 rings (SSSR count). The van der Waals surface area contributed by atoms with Gasteiger partial charge in [-0.25, -0.2) is 4.39 Å². The molecule has 0 bridgehead atoms. The van der Waals surface area contributed by atoms with Gasteiger partial charge >= 0.3 is 0 Å². The molecule has 1 aliphatic heterocycles. The Labute approximate surface area is 115 Å². The van der Waals surface area contributed by atoms with Crippen molar-refractivity contribution < 1.29 is 9.13 Å². The van der Waals surface area contributed by atoms with E-state index in [-0.39, 0.29) is 18.0 Å². The maximum Gasteiger partial charge on any atom is 0.137 e. The van der Waals surface area contributed by atoms with Crippen LogP contribution in [0.15, 0.2) is 22.7 Å². The monoisotopic (exact) mass is 316 g/mol. The van der Waals surface area contributed by atoms with Crippen molar-refractivity contribution in [3.8, 4) is 0 Å². The molecule has 2 atom stereocenters. The third-order valence-corrected chi connectivity index (χ3v) is 4.08. The topological polar surface area (TPSA) is 38.5 Å². The lowest BCUT2D eigenvalue weighted by atomic mass is 10.1. The average molecular weight is 317 g/mol. The normalized spacial score (nSPS) is 23.0. The van der Waals surface area contributed by atoms with Crippen LogP contribution in [0.3, 0.4) is 0 Å². The standard InChI is InChI=1S/C13H18BrFN2O/c1-9(16)12-8-17(5-6-18-12)7-10-3-2-4-11(15)13(10)14/h2-4,9,12H,5-8,16H2,1H3. The van der Waals surface area contributed by atoms with Crippen molar-refractivity contribution in [3.05, 3.63) is 34.1 Å². The minimum absolute atomic E-state index is 0.0174. The lowest BCUT2D eigenvalue weighted by molar-refractivity contribution is -0.0404. The molecular weight excluding hydrogens is 299 g/mol. The third-order valence-electron chi connectivity index (χ3n) is 3.19. The van der Waals surface area contributed by atoms with Gasteiger partial charge in [0.05, 0.1) is 17.2 Å². The Bertz CT molecular complexity index is 414. The Kier molecular flexibility index (Phi) is 4.72. The van der Waals surface area contributed by atoms with E-state index in [9.17, 15) is 4.39 Å². The second-order valence-electron chi connectivity index (χ2n) is 4.72. The van der Waals surface area contributed by atoms with E-state index in [4.69, 9.17) is 10.5 Å². The van der Waals surface area contributed by atoms with Gasteiger partial charge in [0.2, 0.25) is 0 Å². The predicted octanol–water partition coefficient (Wildman–Crippen LogP) is 2.14. The molecule has 1 aromatic carbocycles. The van der Waals surface area contributed by atoms with E-state index in [0.717, 1.165) is 18.7 Å². The molecule has 3 nitrogen and oxygen atoms in total. The maximum absolute atomic E-state index is 13.4. The van der Waals surface area contributed by atoms with Gasteiger partial charge in [-0.1, -0.05) is 12.1 Å². The molecule has 0 saturated carbocycles. The number of hydrogen-bond acceptors (Lipinski definition) is 3. The third kappa shape index (κ3) is 3.29. The second kappa shape index (κ2) is 6.10. The molecule has 0 amide bonds. The van der Waals surface area contributed by atoms with Crippen LogP contribution in [0.5, 0.6) is 0 Å². The average Bonchev–Trinajstić information content (AvgIpc) is 2.35. The Morgan fingerprint density at radius 3 is 3.11 bits per heavy atom. The first-order valence-electron chi connectivity index (χ1n) is 6.10. The zero-order chi connectivity index (χ0) is 13.1. The molecular formula is C13H18BrFN2O. The van der Waals surface area contributed by atoms with Crippen molar-refractivity contribution in [2.45, 2.75) is 25.6 Å². The van der Waals surface area contributed by atoms with Gasteiger partial charge in [0.15, 0.2) is 0 Å². The largest absolute Gasteiger partial charge is 0.374 e. The van der Waals surface area contributed by atoms with E-state index >= 15 is 0 Å². The minimum atomic E-state index is -0.218. The van der Waals surface area contributed by atoms with Crippen LogP contribution >= 0.6 is 15.9 Å². The summed E-state index contributed by atoms with van der Waals surface area (Å²) in [4.78, 5) is 2.25. The first kappa shape index (κ1) is 13.9. The lowest BCUT2D eigenvalue weighted by Crippen LogP contribution is -2.49. The fourth-order valence-corrected chi connectivity index (χ4v) is 2.49. The van der Waals surface area contributed by atoms with Gasteiger partial charge in [-0.15, -0.1) is 0 Å². The van der Waals surface area contributed by atoms with Crippen molar-refractivity contribution >= 4 is 15.9 Å². The lowest BCUT2D eigenvalue weighted by Gasteiger charge is -2.34. The predicted molar refractivity (Wildman–Crippen MR) is 72.8 cm³/mol. The summed E-state index contributed by atoms with van der Waals surface area (Å²) in [6, 6.07) is 5.14. The fourth-order valence-electron chi connectivity index (χ4n) is 2.10. The van der Waals surface area contributed by atoms with Crippen LogP contribution < -0.4 is 5.73 Å². The molecule has 1 aliphatic rings. The molecule has 5 heteroatoms. The molecule has 1 fully saturated rings. The fraction of sp³-hybridized carbons (Fsp3) is 0.538. The van der Waals surface area contributed by atoms with Gasteiger partial charge in [-0.05, 0) is 34.5 Å². The van der Waals surface area contributed by atoms with E-state index in [0.29, 0.717) is 17.6 Å². The van der Waals surface area contributed by atoms with Crippen LogP contribution in [0.4, 0.5) is 4.39 Å². The van der Waals surface area contributed by atoms with Crippen molar-refractivity contribution in [1.82, 2.24) is 4.90 Å². The molecule has 2 N–H and O–H groups in total. The summed E-state index contributed by atoms with van der Waals surface area (Å²) in [7, 11) is 0. The number of ether oxygens (including phenoxy) is 1. The molecule has 18 heavy (non-hydrogen) atoms. The maximum atomic E-state index is 13.4. The summed E-state index contributed by atoms with van der Waals surface area (Å²) in [5, 5.41) is 0. The Morgan fingerprint density at radius 2 is 2.39 bits per heavy atom. The highest BCUT2D eigenvalue weighted by Gasteiger charge is 2.23. The smallest absolute Gasteiger partial charge is 0.137 e. The molecule has 0 spiro atoms. The van der Waals surface area contributed by atoms with Crippen molar-refractivity contribution in [2.75, 3.05) is 19.7 Å². The Hall–Kier alpha value is -0.490. The number of morpholine rings is 1. The minimum Gasteiger partial charge on any atom is -0.374 e. The Balaban J connectivity index is 2.03. The van der Waals surface area contributed by atoms with Crippen LogP contribution in [0.1, 0.15) is 12.5 Å². The van der Waals surface area contributed by atoms with Crippen molar-refractivity contribution in [1.29, 1.82) is 0 Å². The van der Waals surface area contributed by atoms with Gasteiger partial charge in [-0.2, -0.15) is 0 Å². The van der Waals surface area contributed by atoms with E-state index in [1.165, 1.54) is 6.07 Å². The number of nitrogens with two attached hydrogens (primary N) is 1. The Morgan fingerprint density at radius 1 is 1.61 bits per heavy atom. The van der Waals surface area contributed by atoms with E-state index in [2.05, 4.69) is 20.8 Å². The van der Waals surface area contributed by atoms with E-state index in [1.54, 1.807) is 6.07 Å². The first-order valence-corrected chi connectivity index (χ1v) is 6.89. The number of benzene rings is 1. The summed E-state index contributed by atoms with van der Waals surface area (Å²) >= 11 is 3.29. The second-order valence-corrected chi connectivity index (χ2v) is 5.51. The molecule has 1 heterocycles. The highest BCUT2D eigenvalue weighted by atomic mass is 79.9. The van der Waals surface area contributed by atoms with Crippen LogP contribution in [0.25, 0.3) is 0 Å². The number of halogens is 2. The summed E-state index contributed by atoms with van der Waals surface area (Å²) in [5.41, 5.74) is 6.81. The van der Waals surface area contributed by atoms with Gasteiger partial charge < -0.3 is 10.5 Å². The van der Waals surface area contributed by atoms with Crippen LogP contribution in [0, 0.1) is 5.82 Å². The number of rotatable bonds is 3. The summed E-state index contributed by atoms with van der Waals surface area (Å²) in [6.45, 7) is 4.99. The zero-order valence-corrected chi connectivity index (χ0v) is 12.0. The summed E-state index contributed by atoms with van der Waals surface area (Å²) < 4.78 is 19.6. The van der Waals surface area contributed by atoms with Crippen LogP contribution in [0.2, 0.25) is 0 Å². The van der Waals surface area contributed by atoms with Gasteiger partial charge in [0.1, 0.15) is 5.82 Å². The highest BCUT2D eigenvalue weighted by Crippen LogP contribution is 2.22. The summed E-state index contributed by atoms with van der Waals surface area (Å²) in [5.74, 6) is -0.218. The molecule has 100 valence electrons. The first-order chi connectivity index (χ1) is 8.58. The van der Waals surface area contributed by atoms with Crippen LogP contribution in [-0.2, 0) is 11.3 Å². The highest BCUT2D eigenvalue weighted by molar-refractivity contribution is 9.10.